The summed E-state index contributed by atoms with van der Waals surface area (Å²) in [6, 6.07) is 1.91. The summed E-state index contributed by atoms with van der Waals surface area (Å²) in [5.74, 6) is 1.48. The Morgan fingerprint density at radius 1 is 1.11 bits per heavy atom. The Kier molecular flexibility index (Phi) is 4.26. The number of ether oxygens (including phenoxy) is 2. The molecule has 0 unspecified atom stereocenters. The van der Waals surface area contributed by atoms with Gasteiger partial charge in [0, 0.05) is 16.7 Å². The molecule has 106 valence electrons. The van der Waals surface area contributed by atoms with Crippen LogP contribution in [-0.2, 0) is 5.54 Å². The van der Waals surface area contributed by atoms with Crippen LogP contribution < -0.4 is 15.2 Å². The van der Waals surface area contributed by atoms with Gasteiger partial charge in [0.15, 0.2) is 0 Å². The fourth-order valence-electron chi connectivity index (χ4n) is 3.08. The summed E-state index contributed by atoms with van der Waals surface area (Å²) < 4.78 is 10.9. The topological polar surface area (TPSA) is 44.5 Å². The maximum atomic E-state index is 6.61. The third kappa shape index (κ3) is 2.54. The number of rotatable bonds is 3. The Morgan fingerprint density at radius 3 is 2.21 bits per heavy atom. The molecule has 4 heteroatoms. The van der Waals surface area contributed by atoms with Crippen molar-refractivity contribution in [1.82, 2.24) is 0 Å². The zero-order valence-electron chi connectivity index (χ0n) is 11.9. The van der Waals surface area contributed by atoms with Crippen LogP contribution in [0.1, 0.15) is 43.2 Å². The third-order valence-electron chi connectivity index (χ3n) is 4.10. The Morgan fingerprint density at radius 2 is 1.68 bits per heavy atom. The number of benzene rings is 1. The molecule has 0 aromatic heterocycles. The van der Waals surface area contributed by atoms with Crippen LogP contribution in [0.3, 0.4) is 0 Å². The van der Waals surface area contributed by atoms with E-state index in [1.807, 2.05) is 13.0 Å². The van der Waals surface area contributed by atoms with Crippen LogP contribution in [0.15, 0.2) is 6.07 Å². The zero-order chi connectivity index (χ0) is 14.0. The van der Waals surface area contributed by atoms with Crippen molar-refractivity contribution < 1.29 is 9.47 Å². The quantitative estimate of drug-likeness (QED) is 0.918. The number of nitrogens with two attached hydrogens (primary N) is 1. The first-order valence-corrected chi connectivity index (χ1v) is 7.11. The minimum Gasteiger partial charge on any atom is -0.496 e. The molecule has 0 saturated heterocycles. The first kappa shape index (κ1) is 14.5. The van der Waals surface area contributed by atoms with Gasteiger partial charge >= 0.3 is 0 Å². The van der Waals surface area contributed by atoms with Gasteiger partial charge in [0.05, 0.1) is 19.2 Å². The van der Waals surface area contributed by atoms with Crippen molar-refractivity contribution in [2.45, 2.75) is 44.6 Å². The van der Waals surface area contributed by atoms with Crippen molar-refractivity contribution in [3.8, 4) is 11.5 Å². The predicted octanol–water partition coefficient (Wildman–Crippen LogP) is 3.78. The van der Waals surface area contributed by atoms with Gasteiger partial charge in [0.2, 0.25) is 0 Å². The van der Waals surface area contributed by atoms with E-state index in [-0.39, 0.29) is 5.54 Å². The van der Waals surface area contributed by atoms with Crippen molar-refractivity contribution in [1.29, 1.82) is 0 Å². The summed E-state index contributed by atoms with van der Waals surface area (Å²) in [5, 5.41) is 0.603. The normalized spacial score (nSPS) is 18.2. The molecule has 1 fully saturated rings. The molecule has 0 atom stereocenters. The van der Waals surface area contributed by atoms with E-state index < -0.39 is 0 Å². The Hall–Kier alpha value is -0.930. The first-order chi connectivity index (χ1) is 9.03. The summed E-state index contributed by atoms with van der Waals surface area (Å²) in [7, 11) is 3.29. The summed E-state index contributed by atoms with van der Waals surface area (Å²) in [5.41, 5.74) is 8.21. The van der Waals surface area contributed by atoms with Crippen LogP contribution in [-0.4, -0.2) is 14.2 Å². The van der Waals surface area contributed by atoms with Crippen LogP contribution in [0.25, 0.3) is 0 Å². The van der Waals surface area contributed by atoms with Crippen molar-refractivity contribution in [3.05, 3.63) is 22.2 Å². The number of methoxy groups -OCH3 is 2. The smallest absolute Gasteiger partial charge is 0.144 e. The number of hydrogen-bond acceptors (Lipinski definition) is 3. The van der Waals surface area contributed by atoms with E-state index in [1.165, 1.54) is 6.42 Å². The van der Waals surface area contributed by atoms with Gasteiger partial charge in [-0.25, -0.2) is 0 Å². The monoisotopic (exact) mass is 283 g/mol. The van der Waals surface area contributed by atoms with Gasteiger partial charge in [-0.15, -0.1) is 0 Å². The minimum atomic E-state index is -0.329. The highest BCUT2D eigenvalue weighted by atomic mass is 35.5. The van der Waals surface area contributed by atoms with Gasteiger partial charge in [-0.05, 0) is 25.8 Å². The summed E-state index contributed by atoms with van der Waals surface area (Å²) in [6.07, 6.45) is 5.52. The van der Waals surface area contributed by atoms with Crippen LogP contribution >= 0.6 is 11.6 Å². The van der Waals surface area contributed by atoms with E-state index in [0.717, 1.165) is 42.6 Å². The predicted molar refractivity (Wildman–Crippen MR) is 78.2 cm³/mol. The molecule has 1 aliphatic carbocycles. The molecule has 3 nitrogen and oxygen atoms in total. The standard InChI is InChI=1S/C15H22ClNO2/c1-10-13(18-2)11(9-12(16)14(10)19-3)15(17)7-5-4-6-8-15/h9H,4-8,17H2,1-3H3. The van der Waals surface area contributed by atoms with Crippen molar-refractivity contribution in [2.75, 3.05) is 14.2 Å². The molecule has 1 aliphatic rings. The first-order valence-electron chi connectivity index (χ1n) is 6.74. The van der Waals surface area contributed by atoms with E-state index in [0.29, 0.717) is 10.8 Å². The fraction of sp³-hybridized carbons (Fsp3) is 0.600. The van der Waals surface area contributed by atoms with Crippen LogP contribution in [0, 0.1) is 6.92 Å². The van der Waals surface area contributed by atoms with E-state index in [9.17, 15) is 0 Å². The molecule has 1 saturated carbocycles. The van der Waals surface area contributed by atoms with Crippen molar-refractivity contribution in [2.24, 2.45) is 5.73 Å². The lowest BCUT2D eigenvalue weighted by molar-refractivity contribution is 0.287. The second kappa shape index (κ2) is 5.59. The van der Waals surface area contributed by atoms with Gasteiger partial charge in [-0.2, -0.15) is 0 Å². The van der Waals surface area contributed by atoms with Crippen LogP contribution in [0.4, 0.5) is 0 Å². The molecule has 0 radical (unpaired) electrons. The lowest BCUT2D eigenvalue weighted by Gasteiger charge is -2.35. The summed E-state index contributed by atoms with van der Waals surface area (Å²) in [6.45, 7) is 1.96. The van der Waals surface area contributed by atoms with Crippen LogP contribution in [0.2, 0.25) is 5.02 Å². The van der Waals surface area contributed by atoms with E-state index in [4.69, 9.17) is 26.8 Å². The van der Waals surface area contributed by atoms with Crippen molar-refractivity contribution in [3.63, 3.8) is 0 Å². The van der Waals surface area contributed by atoms with Gasteiger partial charge in [0.25, 0.3) is 0 Å². The van der Waals surface area contributed by atoms with Crippen molar-refractivity contribution >= 4 is 11.6 Å². The second-order valence-electron chi connectivity index (χ2n) is 5.31. The molecular formula is C15H22ClNO2. The summed E-state index contributed by atoms with van der Waals surface area (Å²) >= 11 is 6.31. The Labute approximate surface area is 120 Å². The molecule has 19 heavy (non-hydrogen) atoms. The largest absolute Gasteiger partial charge is 0.496 e. The minimum absolute atomic E-state index is 0.329. The summed E-state index contributed by atoms with van der Waals surface area (Å²) in [4.78, 5) is 0. The molecule has 0 heterocycles. The molecule has 2 N–H and O–H groups in total. The maximum Gasteiger partial charge on any atom is 0.144 e. The Bertz CT molecular complexity index is 468. The third-order valence-corrected chi connectivity index (χ3v) is 4.38. The maximum absolute atomic E-state index is 6.61. The molecule has 2 rings (SSSR count). The van der Waals surface area contributed by atoms with Gasteiger partial charge in [-0.1, -0.05) is 30.9 Å². The lowest BCUT2D eigenvalue weighted by Crippen LogP contribution is -2.39. The average Bonchev–Trinajstić information content (AvgIpc) is 2.39. The molecule has 0 spiro atoms. The molecular weight excluding hydrogens is 262 g/mol. The SMILES string of the molecule is COc1c(Cl)cc(C2(N)CCCCC2)c(OC)c1C. The molecule has 1 aromatic rings. The number of halogens is 1. The molecule has 0 bridgehead atoms. The van der Waals surface area contributed by atoms with Gasteiger partial charge < -0.3 is 15.2 Å². The average molecular weight is 284 g/mol. The highest BCUT2D eigenvalue weighted by molar-refractivity contribution is 6.32. The fourth-order valence-corrected chi connectivity index (χ4v) is 3.41. The Balaban J connectivity index is 2.56. The van der Waals surface area contributed by atoms with Gasteiger partial charge in [-0.3, -0.25) is 0 Å². The lowest BCUT2D eigenvalue weighted by atomic mass is 9.76. The molecule has 0 aliphatic heterocycles. The highest BCUT2D eigenvalue weighted by Gasteiger charge is 2.34. The van der Waals surface area contributed by atoms with Crippen LogP contribution in [0.5, 0.6) is 11.5 Å². The zero-order valence-corrected chi connectivity index (χ0v) is 12.6. The van der Waals surface area contributed by atoms with E-state index >= 15 is 0 Å². The van der Waals surface area contributed by atoms with E-state index in [2.05, 4.69) is 0 Å². The number of hydrogen-bond donors (Lipinski definition) is 1. The second-order valence-corrected chi connectivity index (χ2v) is 5.72. The van der Waals surface area contributed by atoms with Gasteiger partial charge in [0.1, 0.15) is 11.5 Å². The molecule has 1 aromatic carbocycles. The van der Waals surface area contributed by atoms with E-state index in [1.54, 1.807) is 14.2 Å². The molecule has 0 amide bonds. The highest BCUT2D eigenvalue weighted by Crippen LogP contribution is 2.45.